The number of fused-ring (bicyclic) bond motifs is 3. The van der Waals surface area contributed by atoms with Crippen molar-refractivity contribution in [1.29, 1.82) is 0 Å². The fourth-order valence-electron chi connectivity index (χ4n) is 5.89. The lowest BCUT2D eigenvalue weighted by Crippen LogP contribution is -2.30. The molecule has 3 aliphatic rings. The van der Waals surface area contributed by atoms with Crippen LogP contribution >= 0.6 is 0 Å². The van der Waals surface area contributed by atoms with Gasteiger partial charge in [-0.25, -0.2) is 0 Å². The van der Waals surface area contributed by atoms with Gasteiger partial charge in [0.2, 0.25) is 5.78 Å². The Labute approximate surface area is 197 Å². The van der Waals surface area contributed by atoms with Crippen molar-refractivity contribution in [2.45, 2.75) is 57.5 Å². The number of carbonyl (C=O) groups excluding carboxylic acids is 3. The standard InChI is InChI=1S/C27H28O7/c1-13(28)14-10-15(11-16-6-3-4-9-34-16)20-18(12-14)25(30)22-23(26(20)31)27(32)21-17(24(22)29)7-5-8-19(21)33-2/h5,7-8,14-16,30-31H,3-4,6,9-12H2,1-2H3/t14?,15-,16-/m1/s1. The second-order valence-electron chi connectivity index (χ2n) is 9.55. The molecule has 1 unspecified atom stereocenters. The first kappa shape index (κ1) is 22.6. The summed E-state index contributed by atoms with van der Waals surface area (Å²) >= 11 is 0. The van der Waals surface area contributed by atoms with Crippen LogP contribution in [0.15, 0.2) is 18.2 Å². The molecule has 0 radical (unpaired) electrons. The lowest BCUT2D eigenvalue weighted by atomic mass is 9.69. The fraction of sp³-hybridized carbons (Fsp3) is 0.444. The van der Waals surface area contributed by atoms with Crippen LogP contribution in [0.3, 0.4) is 0 Å². The van der Waals surface area contributed by atoms with Crippen molar-refractivity contribution in [3.63, 3.8) is 0 Å². The second-order valence-corrected chi connectivity index (χ2v) is 9.55. The third-order valence-corrected chi connectivity index (χ3v) is 7.59. The van der Waals surface area contributed by atoms with Gasteiger partial charge in [-0.3, -0.25) is 14.4 Å². The van der Waals surface area contributed by atoms with Crippen LogP contribution in [0.2, 0.25) is 0 Å². The molecule has 0 bridgehead atoms. The average Bonchev–Trinajstić information content (AvgIpc) is 2.84. The number of methoxy groups -OCH3 is 1. The van der Waals surface area contributed by atoms with Gasteiger partial charge in [-0.05, 0) is 57.4 Å². The third-order valence-electron chi connectivity index (χ3n) is 7.59. The molecule has 1 saturated heterocycles. The van der Waals surface area contributed by atoms with Crippen LogP contribution in [0.25, 0.3) is 0 Å². The molecule has 0 saturated carbocycles. The minimum atomic E-state index is -0.556. The van der Waals surface area contributed by atoms with E-state index in [0.29, 0.717) is 30.6 Å². The third kappa shape index (κ3) is 3.41. The number of benzene rings is 2. The molecule has 0 amide bonds. The highest BCUT2D eigenvalue weighted by Crippen LogP contribution is 2.52. The summed E-state index contributed by atoms with van der Waals surface area (Å²) in [6.07, 6.45) is 4.20. The van der Waals surface area contributed by atoms with Gasteiger partial charge in [-0.2, -0.15) is 0 Å². The first-order chi connectivity index (χ1) is 16.3. The molecule has 1 fully saturated rings. The Balaban J connectivity index is 1.69. The van der Waals surface area contributed by atoms with E-state index in [2.05, 4.69) is 0 Å². The molecule has 178 valence electrons. The lowest BCUT2D eigenvalue weighted by Gasteiger charge is -2.36. The molecular formula is C27H28O7. The van der Waals surface area contributed by atoms with Crippen LogP contribution in [0.4, 0.5) is 0 Å². The highest BCUT2D eigenvalue weighted by Gasteiger charge is 2.43. The Bertz CT molecular complexity index is 1210. The lowest BCUT2D eigenvalue weighted by molar-refractivity contribution is -0.121. The van der Waals surface area contributed by atoms with Crippen molar-refractivity contribution in [2.24, 2.45) is 5.92 Å². The molecule has 0 spiro atoms. The number of ether oxygens (including phenoxy) is 2. The Morgan fingerprint density at radius 2 is 1.85 bits per heavy atom. The smallest absolute Gasteiger partial charge is 0.202 e. The van der Waals surface area contributed by atoms with Gasteiger partial charge in [0.05, 0.1) is 29.9 Å². The topological polar surface area (TPSA) is 110 Å². The minimum Gasteiger partial charge on any atom is -0.507 e. The Morgan fingerprint density at radius 1 is 1.09 bits per heavy atom. The first-order valence-corrected chi connectivity index (χ1v) is 11.8. The number of carbonyl (C=O) groups is 3. The molecule has 2 aromatic carbocycles. The van der Waals surface area contributed by atoms with Crippen molar-refractivity contribution in [3.8, 4) is 17.2 Å². The number of aromatic hydroxyl groups is 2. The van der Waals surface area contributed by atoms with Crippen molar-refractivity contribution in [3.05, 3.63) is 51.6 Å². The highest BCUT2D eigenvalue weighted by molar-refractivity contribution is 6.31. The van der Waals surface area contributed by atoms with E-state index in [0.717, 1.165) is 19.3 Å². The van der Waals surface area contributed by atoms with Gasteiger partial charge in [0.1, 0.15) is 23.0 Å². The van der Waals surface area contributed by atoms with E-state index < -0.39 is 11.6 Å². The fourth-order valence-corrected chi connectivity index (χ4v) is 5.89. The number of hydrogen-bond donors (Lipinski definition) is 2. The van der Waals surface area contributed by atoms with E-state index in [1.165, 1.54) is 20.1 Å². The number of ketones is 3. The molecule has 2 aliphatic carbocycles. The zero-order valence-electron chi connectivity index (χ0n) is 19.3. The van der Waals surface area contributed by atoms with Crippen molar-refractivity contribution < 1.29 is 34.1 Å². The molecule has 3 atom stereocenters. The molecule has 2 N–H and O–H groups in total. The van der Waals surface area contributed by atoms with E-state index in [-0.39, 0.29) is 69.6 Å². The summed E-state index contributed by atoms with van der Waals surface area (Å²) in [6, 6.07) is 4.71. The zero-order valence-corrected chi connectivity index (χ0v) is 19.3. The number of hydrogen-bond acceptors (Lipinski definition) is 7. The normalized spacial score (nSPS) is 23.6. The van der Waals surface area contributed by atoms with E-state index in [4.69, 9.17) is 9.47 Å². The Morgan fingerprint density at radius 3 is 2.53 bits per heavy atom. The number of phenolic OH excluding ortho intramolecular Hbond substituents is 2. The van der Waals surface area contributed by atoms with Crippen LogP contribution in [0, 0.1) is 5.92 Å². The van der Waals surface area contributed by atoms with Crippen LogP contribution in [-0.2, 0) is 16.0 Å². The van der Waals surface area contributed by atoms with Gasteiger partial charge in [0.15, 0.2) is 5.78 Å². The maximum Gasteiger partial charge on any atom is 0.202 e. The Hall–Kier alpha value is -3.19. The average molecular weight is 465 g/mol. The van der Waals surface area contributed by atoms with Crippen molar-refractivity contribution >= 4 is 17.3 Å². The maximum atomic E-state index is 13.6. The minimum absolute atomic E-state index is 0.00527. The summed E-state index contributed by atoms with van der Waals surface area (Å²) in [4.78, 5) is 39.4. The van der Waals surface area contributed by atoms with Crippen LogP contribution in [0.1, 0.15) is 87.9 Å². The molecule has 7 nitrogen and oxygen atoms in total. The molecule has 34 heavy (non-hydrogen) atoms. The number of rotatable bonds is 4. The van der Waals surface area contributed by atoms with Gasteiger partial charge >= 0.3 is 0 Å². The SMILES string of the molecule is COc1cccc2c1C(=O)c1c(O)c3c(c(O)c1C2=O)CC(C(C)=O)C[C@@H]3C[C@H]1CCCCO1. The first-order valence-electron chi connectivity index (χ1n) is 11.8. The summed E-state index contributed by atoms with van der Waals surface area (Å²) in [5.74, 6) is -2.08. The Kier molecular flexibility index (Phi) is 5.68. The predicted octanol–water partition coefficient (Wildman–Crippen LogP) is 4.08. The number of Topliss-reactive ketones (excluding diaryl/α,β-unsaturated/α-hetero) is 1. The zero-order chi connectivity index (χ0) is 24.1. The summed E-state index contributed by atoms with van der Waals surface area (Å²) < 4.78 is 11.2. The summed E-state index contributed by atoms with van der Waals surface area (Å²) in [5, 5.41) is 22.8. The summed E-state index contributed by atoms with van der Waals surface area (Å²) in [6.45, 7) is 2.20. The van der Waals surface area contributed by atoms with Gasteiger partial charge in [-0.15, -0.1) is 0 Å². The maximum absolute atomic E-state index is 13.6. The summed E-state index contributed by atoms with van der Waals surface area (Å²) in [5.41, 5.74) is 0.672. The van der Waals surface area contributed by atoms with Crippen LogP contribution in [-0.4, -0.2) is 47.4 Å². The van der Waals surface area contributed by atoms with Gasteiger partial charge in [-0.1, -0.05) is 12.1 Å². The number of phenols is 2. The molecular weight excluding hydrogens is 436 g/mol. The van der Waals surface area contributed by atoms with E-state index in [1.54, 1.807) is 12.1 Å². The monoisotopic (exact) mass is 464 g/mol. The molecule has 2 aromatic rings. The van der Waals surface area contributed by atoms with Gasteiger partial charge in [0.25, 0.3) is 0 Å². The molecule has 7 heteroatoms. The van der Waals surface area contributed by atoms with Gasteiger partial charge < -0.3 is 19.7 Å². The predicted molar refractivity (Wildman–Crippen MR) is 123 cm³/mol. The van der Waals surface area contributed by atoms with E-state index in [1.807, 2.05) is 0 Å². The molecule has 1 aliphatic heterocycles. The van der Waals surface area contributed by atoms with Crippen LogP contribution in [0.5, 0.6) is 17.2 Å². The van der Waals surface area contributed by atoms with Crippen molar-refractivity contribution in [2.75, 3.05) is 13.7 Å². The highest BCUT2D eigenvalue weighted by atomic mass is 16.5. The molecule has 1 heterocycles. The summed E-state index contributed by atoms with van der Waals surface area (Å²) in [7, 11) is 1.41. The quantitative estimate of drug-likeness (QED) is 0.560. The van der Waals surface area contributed by atoms with Gasteiger partial charge in [0, 0.05) is 29.2 Å². The second kappa shape index (κ2) is 8.55. The van der Waals surface area contributed by atoms with Crippen molar-refractivity contribution in [1.82, 2.24) is 0 Å². The van der Waals surface area contributed by atoms with E-state index in [9.17, 15) is 24.6 Å². The molecule has 5 rings (SSSR count). The van der Waals surface area contributed by atoms with Crippen LogP contribution < -0.4 is 4.74 Å². The largest absolute Gasteiger partial charge is 0.507 e. The molecule has 0 aromatic heterocycles. The van der Waals surface area contributed by atoms with E-state index >= 15 is 0 Å².